The lowest BCUT2D eigenvalue weighted by Gasteiger charge is -2.19. The summed E-state index contributed by atoms with van der Waals surface area (Å²) in [7, 11) is 0. The molecule has 0 bridgehead atoms. The van der Waals surface area contributed by atoms with E-state index in [0.717, 1.165) is 24.2 Å². The molecule has 5 nitrogen and oxygen atoms in total. The van der Waals surface area contributed by atoms with Crippen molar-refractivity contribution < 1.29 is 14.7 Å². The van der Waals surface area contributed by atoms with Crippen molar-refractivity contribution in [2.24, 2.45) is 0 Å². The molecule has 0 aliphatic heterocycles. The molecule has 0 spiro atoms. The Labute approximate surface area is 125 Å². The van der Waals surface area contributed by atoms with E-state index >= 15 is 0 Å². The van der Waals surface area contributed by atoms with E-state index in [9.17, 15) is 9.59 Å². The molecule has 0 unspecified atom stereocenters. The average Bonchev–Trinajstić information content (AvgIpc) is 2.27. The van der Waals surface area contributed by atoms with Gasteiger partial charge in [-0.1, -0.05) is 19.1 Å². The zero-order valence-corrected chi connectivity index (χ0v) is 12.6. The molecule has 1 aromatic rings. The van der Waals surface area contributed by atoms with Gasteiger partial charge in [0.1, 0.15) is 0 Å². The van der Waals surface area contributed by atoms with Crippen LogP contribution in [-0.2, 0) is 16.1 Å². The first-order chi connectivity index (χ1) is 9.01. The van der Waals surface area contributed by atoms with Gasteiger partial charge in [0.15, 0.2) is 0 Å². The number of hydrogen-bond donors (Lipinski definition) is 2. The molecular formula is C14H21ClN2O3. The molecular weight excluding hydrogens is 280 g/mol. The number of aliphatic carboxylic acids is 1. The van der Waals surface area contributed by atoms with Crippen LogP contribution < -0.4 is 5.32 Å². The van der Waals surface area contributed by atoms with Gasteiger partial charge in [-0.05, 0) is 30.7 Å². The lowest BCUT2D eigenvalue weighted by molar-refractivity contribution is -0.138. The molecule has 1 aromatic carbocycles. The van der Waals surface area contributed by atoms with Crippen molar-refractivity contribution in [1.29, 1.82) is 0 Å². The SMILES string of the molecule is CCCN(CC(=O)O)Cc1cccc(NC(C)=O)c1.Cl. The van der Waals surface area contributed by atoms with E-state index in [1.807, 2.05) is 36.1 Å². The Morgan fingerprint density at radius 1 is 1.35 bits per heavy atom. The van der Waals surface area contributed by atoms with Crippen molar-refractivity contribution in [2.75, 3.05) is 18.4 Å². The molecule has 2 N–H and O–H groups in total. The van der Waals surface area contributed by atoms with Gasteiger partial charge in [-0.15, -0.1) is 12.4 Å². The number of rotatable bonds is 7. The fourth-order valence-corrected chi connectivity index (χ4v) is 1.93. The van der Waals surface area contributed by atoms with Gasteiger partial charge in [0.2, 0.25) is 5.91 Å². The van der Waals surface area contributed by atoms with E-state index in [1.54, 1.807) is 0 Å². The number of hydrogen-bond acceptors (Lipinski definition) is 3. The minimum absolute atomic E-state index is 0. The van der Waals surface area contributed by atoms with Crippen LogP contribution >= 0.6 is 12.4 Å². The largest absolute Gasteiger partial charge is 0.480 e. The summed E-state index contributed by atoms with van der Waals surface area (Å²) in [6.07, 6.45) is 0.901. The second-order valence-electron chi connectivity index (χ2n) is 4.49. The highest BCUT2D eigenvalue weighted by molar-refractivity contribution is 5.88. The van der Waals surface area contributed by atoms with Crippen LogP contribution in [0.25, 0.3) is 0 Å². The van der Waals surface area contributed by atoms with Gasteiger partial charge >= 0.3 is 5.97 Å². The Morgan fingerprint density at radius 3 is 2.60 bits per heavy atom. The van der Waals surface area contributed by atoms with Gasteiger partial charge in [-0.25, -0.2) is 0 Å². The molecule has 0 aliphatic rings. The molecule has 0 atom stereocenters. The summed E-state index contributed by atoms with van der Waals surface area (Å²) in [4.78, 5) is 23.7. The van der Waals surface area contributed by atoms with Crippen molar-refractivity contribution in [2.45, 2.75) is 26.8 Å². The fourth-order valence-electron chi connectivity index (χ4n) is 1.93. The fraction of sp³-hybridized carbons (Fsp3) is 0.429. The van der Waals surface area contributed by atoms with Gasteiger partial charge in [-0.2, -0.15) is 0 Å². The maximum absolute atomic E-state index is 11.0. The highest BCUT2D eigenvalue weighted by Crippen LogP contribution is 2.13. The van der Waals surface area contributed by atoms with Gasteiger partial charge in [-0.3, -0.25) is 14.5 Å². The molecule has 0 saturated heterocycles. The van der Waals surface area contributed by atoms with Crippen LogP contribution in [0.15, 0.2) is 24.3 Å². The van der Waals surface area contributed by atoms with E-state index < -0.39 is 5.97 Å². The molecule has 1 amide bonds. The molecule has 6 heteroatoms. The summed E-state index contributed by atoms with van der Waals surface area (Å²) in [5, 5.41) is 11.6. The second-order valence-corrected chi connectivity index (χ2v) is 4.49. The molecule has 112 valence electrons. The number of carboxylic acids is 1. The summed E-state index contributed by atoms with van der Waals surface area (Å²) in [5.74, 6) is -0.945. The number of halogens is 1. The van der Waals surface area contributed by atoms with Gasteiger partial charge in [0.05, 0.1) is 6.54 Å². The Hall–Kier alpha value is -1.59. The van der Waals surface area contributed by atoms with Crippen LogP contribution in [0.1, 0.15) is 25.8 Å². The summed E-state index contributed by atoms with van der Waals surface area (Å²) in [6, 6.07) is 7.46. The van der Waals surface area contributed by atoms with Crippen LogP contribution in [0.4, 0.5) is 5.69 Å². The average molecular weight is 301 g/mol. The van der Waals surface area contributed by atoms with E-state index in [1.165, 1.54) is 6.92 Å². The minimum Gasteiger partial charge on any atom is -0.480 e. The van der Waals surface area contributed by atoms with E-state index in [4.69, 9.17) is 5.11 Å². The van der Waals surface area contributed by atoms with Gasteiger partial charge < -0.3 is 10.4 Å². The third-order valence-electron chi connectivity index (χ3n) is 2.55. The molecule has 0 heterocycles. The van der Waals surface area contributed by atoms with Gasteiger partial charge in [0.25, 0.3) is 0 Å². The van der Waals surface area contributed by atoms with Crippen molar-refractivity contribution in [3.05, 3.63) is 29.8 Å². The van der Waals surface area contributed by atoms with E-state index in [0.29, 0.717) is 6.54 Å². The molecule has 0 saturated carbocycles. The Balaban J connectivity index is 0.00000361. The van der Waals surface area contributed by atoms with Crippen LogP contribution in [-0.4, -0.2) is 35.0 Å². The minimum atomic E-state index is -0.827. The molecule has 0 radical (unpaired) electrons. The molecule has 0 aliphatic carbocycles. The van der Waals surface area contributed by atoms with E-state index in [-0.39, 0.29) is 24.9 Å². The highest BCUT2D eigenvalue weighted by Gasteiger charge is 2.09. The first-order valence-electron chi connectivity index (χ1n) is 6.32. The Morgan fingerprint density at radius 2 is 2.05 bits per heavy atom. The van der Waals surface area contributed by atoms with Crippen molar-refractivity contribution >= 4 is 30.0 Å². The number of anilines is 1. The van der Waals surface area contributed by atoms with Gasteiger partial charge in [0, 0.05) is 19.2 Å². The summed E-state index contributed by atoms with van der Waals surface area (Å²) in [6.45, 7) is 4.80. The van der Waals surface area contributed by atoms with Crippen molar-refractivity contribution in [3.8, 4) is 0 Å². The zero-order valence-electron chi connectivity index (χ0n) is 11.8. The third-order valence-corrected chi connectivity index (χ3v) is 2.55. The molecule has 0 fully saturated rings. The van der Waals surface area contributed by atoms with Crippen molar-refractivity contribution in [1.82, 2.24) is 4.90 Å². The van der Waals surface area contributed by atoms with Crippen LogP contribution in [0.5, 0.6) is 0 Å². The zero-order chi connectivity index (χ0) is 14.3. The number of carboxylic acid groups (broad SMARTS) is 1. The third kappa shape index (κ3) is 7.11. The first-order valence-corrected chi connectivity index (χ1v) is 6.32. The van der Waals surface area contributed by atoms with E-state index in [2.05, 4.69) is 5.32 Å². The number of carbonyl (C=O) groups is 2. The molecule has 20 heavy (non-hydrogen) atoms. The summed E-state index contributed by atoms with van der Waals surface area (Å²) in [5.41, 5.74) is 1.72. The topological polar surface area (TPSA) is 69.6 Å². The second kappa shape index (κ2) is 9.34. The number of carbonyl (C=O) groups excluding carboxylic acids is 1. The highest BCUT2D eigenvalue weighted by atomic mass is 35.5. The predicted octanol–water partition coefficient (Wildman–Crippen LogP) is 2.36. The summed E-state index contributed by atoms with van der Waals surface area (Å²) < 4.78 is 0. The number of nitrogens with zero attached hydrogens (tertiary/aromatic N) is 1. The van der Waals surface area contributed by atoms with Crippen molar-refractivity contribution in [3.63, 3.8) is 0 Å². The quantitative estimate of drug-likeness (QED) is 0.811. The lowest BCUT2D eigenvalue weighted by atomic mass is 10.2. The number of benzene rings is 1. The normalized spacial score (nSPS) is 9.95. The van der Waals surface area contributed by atoms with Crippen LogP contribution in [0, 0.1) is 0 Å². The molecule has 1 rings (SSSR count). The Kier molecular flexibility index (Phi) is 8.59. The molecule has 0 aromatic heterocycles. The smallest absolute Gasteiger partial charge is 0.317 e. The summed E-state index contributed by atoms with van der Waals surface area (Å²) >= 11 is 0. The number of nitrogens with one attached hydrogen (secondary N) is 1. The number of amides is 1. The van der Waals surface area contributed by atoms with Crippen LogP contribution in [0.2, 0.25) is 0 Å². The predicted molar refractivity (Wildman–Crippen MR) is 81.2 cm³/mol. The maximum atomic E-state index is 11.0. The lowest BCUT2D eigenvalue weighted by Crippen LogP contribution is -2.30. The maximum Gasteiger partial charge on any atom is 0.317 e. The standard InChI is InChI=1S/C14H20N2O3.ClH/c1-3-7-16(10-14(18)19)9-12-5-4-6-13(8-12)15-11(2)17;/h4-6,8H,3,7,9-10H2,1-2H3,(H,15,17)(H,18,19);1H. The van der Waals surface area contributed by atoms with Crippen LogP contribution in [0.3, 0.4) is 0 Å². The monoisotopic (exact) mass is 300 g/mol. The first kappa shape index (κ1) is 18.4. The Bertz CT molecular complexity index is 452.